The first-order valence-corrected chi connectivity index (χ1v) is 9.33. The average Bonchev–Trinajstić information content (AvgIpc) is 2.73. The summed E-state index contributed by atoms with van der Waals surface area (Å²) in [6.07, 6.45) is -6.20. The molecule has 0 aliphatic heterocycles. The predicted octanol–water partition coefficient (Wildman–Crippen LogP) is 5.82. The highest BCUT2D eigenvalue weighted by Gasteiger charge is 2.71. The Morgan fingerprint density at radius 1 is 1.10 bits per heavy atom. The molecule has 0 fully saturated rings. The van der Waals surface area contributed by atoms with Crippen LogP contribution in [0.5, 0.6) is 0 Å². The summed E-state index contributed by atoms with van der Waals surface area (Å²) in [6.45, 7) is 5.78. The van der Waals surface area contributed by atoms with E-state index in [9.17, 15) is 31.1 Å². The van der Waals surface area contributed by atoms with E-state index < -0.39 is 29.2 Å². The number of benzene rings is 2. The predicted molar refractivity (Wildman–Crippen MR) is 107 cm³/mol. The van der Waals surface area contributed by atoms with Gasteiger partial charge < -0.3 is 11.1 Å². The zero-order valence-electron chi connectivity index (χ0n) is 16.9. The van der Waals surface area contributed by atoms with Gasteiger partial charge in [0.15, 0.2) is 0 Å². The van der Waals surface area contributed by atoms with E-state index in [0.29, 0.717) is 12.1 Å². The van der Waals surface area contributed by atoms with Gasteiger partial charge in [-0.1, -0.05) is 31.7 Å². The first kappa shape index (κ1) is 24.5. The average molecular weight is 444 g/mol. The summed E-state index contributed by atoms with van der Waals surface area (Å²) in [5, 5.41) is 2.57. The standard InChI is InChI=1S/C22H22F6N2O/c1-4-15-11-17(21(25,22(26,27)28)20(23,24)5-2)10-13(3)18(15)30-19(31)16-8-6-14(12-29)7-9-16/h5-11H,2,4,12,29H2,1,3H3,(H,30,31). The van der Waals surface area contributed by atoms with E-state index >= 15 is 0 Å². The van der Waals surface area contributed by atoms with E-state index in [1.807, 2.05) is 0 Å². The molecule has 9 heteroatoms. The fourth-order valence-electron chi connectivity index (χ4n) is 3.18. The van der Waals surface area contributed by atoms with Crippen LogP contribution >= 0.6 is 0 Å². The van der Waals surface area contributed by atoms with Crippen molar-refractivity contribution in [3.8, 4) is 0 Å². The second-order valence-electron chi connectivity index (χ2n) is 7.02. The molecule has 2 rings (SSSR count). The van der Waals surface area contributed by atoms with E-state index in [1.54, 1.807) is 19.1 Å². The molecule has 0 spiro atoms. The Hall–Kier alpha value is -2.81. The van der Waals surface area contributed by atoms with Crippen LogP contribution in [0.4, 0.5) is 32.0 Å². The largest absolute Gasteiger partial charge is 0.433 e. The van der Waals surface area contributed by atoms with E-state index in [0.717, 1.165) is 5.56 Å². The molecule has 0 aliphatic carbocycles. The van der Waals surface area contributed by atoms with Crippen molar-refractivity contribution >= 4 is 11.6 Å². The monoisotopic (exact) mass is 444 g/mol. The fraction of sp³-hybridized carbons (Fsp3) is 0.318. The molecule has 1 atom stereocenters. The number of alkyl halides is 6. The second kappa shape index (κ2) is 8.74. The molecule has 0 radical (unpaired) electrons. The molecule has 1 amide bonds. The summed E-state index contributed by atoms with van der Waals surface area (Å²) in [7, 11) is 0. The van der Waals surface area contributed by atoms with Crippen LogP contribution in [0, 0.1) is 6.92 Å². The van der Waals surface area contributed by atoms with E-state index in [4.69, 9.17) is 5.73 Å². The number of anilines is 1. The van der Waals surface area contributed by atoms with Crippen LogP contribution in [0.25, 0.3) is 0 Å². The summed E-state index contributed by atoms with van der Waals surface area (Å²) >= 11 is 0. The minimum atomic E-state index is -5.91. The van der Waals surface area contributed by atoms with E-state index in [2.05, 4.69) is 11.9 Å². The molecule has 2 aromatic rings. The molecule has 0 aromatic heterocycles. The van der Waals surface area contributed by atoms with E-state index in [-0.39, 0.29) is 41.4 Å². The number of amides is 1. The number of allylic oxidation sites excluding steroid dienone is 1. The molecule has 0 saturated heterocycles. The number of carbonyl (C=O) groups excluding carboxylic acids is 1. The normalized spacial score (nSPS) is 14.1. The smallest absolute Gasteiger partial charge is 0.326 e. The van der Waals surface area contributed by atoms with Crippen molar-refractivity contribution in [1.82, 2.24) is 0 Å². The molecule has 3 nitrogen and oxygen atoms in total. The summed E-state index contributed by atoms with van der Waals surface area (Å²) < 4.78 is 83.5. The van der Waals surface area contributed by atoms with E-state index in [1.165, 1.54) is 19.1 Å². The van der Waals surface area contributed by atoms with Crippen molar-refractivity contribution < 1.29 is 31.1 Å². The van der Waals surface area contributed by atoms with Gasteiger partial charge in [0.25, 0.3) is 11.6 Å². The van der Waals surface area contributed by atoms with Gasteiger partial charge in [0.2, 0.25) is 0 Å². The van der Waals surface area contributed by atoms with Crippen molar-refractivity contribution in [1.29, 1.82) is 0 Å². The number of nitrogens with two attached hydrogens (primary N) is 1. The lowest BCUT2D eigenvalue weighted by molar-refractivity contribution is -0.296. The molecule has 0 aliphatic rings. The number of hydrogen-bond acceptors (Lipinski definition) is 2. The van der Waals surface area contributed by atoms with Gasteiger partial charge in [-0.25, -0.2) is 4.39 Å². The summed E-state index contributed by atoms with van der Waals surface area (Å²) in [5.41, 5.74) is 0.539. The van der Waals surface area contributed by atoms with Gasteiger partial charge in [-0.05, 0) is 54.3 Å². The van der Waals surface area contributed by atoms with Gasteiger partial charge in [0.05, 0.1) is 0 Å². The Morgan fingerprint density at radius 2 is 1.68 bits per heavy atom. The number of hydrogen-bond donors (Lipinski definition) is 2. The van der Waals surface area contributed by atoms with Gasteiger partial charge in [-0.2, -0.15) is 22.0 Å². The fourth-order valence-corrected chi connectivity index (χ4v) is 3.18. The molecule has 0 saturated carbocycles. The first-order chi connectivity index (χ1) is 14.3. The number of carbonyl (C=O) groups is 1. The minimum absolute atomic E-state index is 0.00687. The van der Waals surface area contributed by atoms with Crippen LogP contribution in [0.15, 0.2) is 49.1 Å². The molecule has 168 valence electrons. The van der Waals surface area contributed by atoms with Gasteiger partial charge in [0, 0.05) is 23.4 Å². The lowest BCUT2D eigenvalue weighted by Crippen LogP contribution is -2.51. The minimum Gasteiger partial charge on any atom is -0.326 e. The van der Waals surface area contributed by atoms with Gasteiger partial charge in [-0.15, -0.1) is 0 Å². The third kappa shape index (κ3) is 4.46. The lowest BCUT2D eigenvalue weighted by Gasteiger charge is -2.34. The molecule has 3 N–H and O–H groups in total. The Morgan fingerprint density at radius 3 is 2.13 bits per heavy atom. The van der Waals surface area contributed by atoms with Crippen molar-refractivity contribution in [3.05, 3.63) is 76.9 Å². The Kier molecular flexibility index (Phi) is 6.90. The maximum Gasteiger partial charge on any atom is 0.433 e. The maximum absolute atomic E-state index is 15.0. The van der Waals surface area contributed by atoms with Crippen molar-refractivity contribution in [3.63, 3.8) is 0 Å². The summed E-state index contributed by atoms with van der Waals surface area (Å²) in [5.74, 6) is -5.47. The number of nitrogens with one attached hydrogen (secondary N) is 1. The molecule has 1 unspecified atom stereocenters. The van der Waals surface area contributed by atoms with Crippen molar-refractivity contribution in [2.75, 3.05) is 5.32 Å². The highest BCUT2D eigenvalue weighted by atomic mass is 19.4. The highest BCUT2D eigenvalue weighted by Crippen LogP contribution is 2.53. The topological polar surface area (TPSA) is 55.1 Å². The van der Waals surface area contributed by atoms with Crippen molar-refractivity contribution in [2.24, 2.45) is 5.73 Å². The number of rotatable bonds is 7. The zero-order chi connectivity index (χ0) is 23.6. The second-order valence-corrected chi connectivity index (χ2v) is 7.02. The van der Waals surface area contributed by atoms with Crippen molar-refractivity contribution in [2.45, 2.75) is 44.6 Å². The van der Waals surface area contributed by atoms with Crippen LogP contribution in [0.2, 0.25) is 0 Å². The maximum atomic E-state index is 15.0. The molecule has 31 heavy (non-hydrogen) atoms. The highest BCUT2D eigenvalue weighted by molar-refractivity contribution is 6.05. The Balaban J connectivity index is 2.54. The molecule has 0 heterocycles. The molecule has 2 aromatic carbocycles. The van der Waals surface area contributed by atoms with Gasteiger partial charge in [0.1, 0.15) is 0 Å². The number of halogens is 6. The van der Waals surface area contributed by atoms with Crippen LogP contribution in [-0.2, 0) is 18.6 Å². The van der Waals surface area contributed by atoms with Gasteiger partial charge in [-0.3, -0.25) is 4.79 Å². The quantitative estimate of drug-likeness (QED) is 0.418. The molecular formula is C22H22F6N2O. The molecular weight excluding hydrogens is 422 g/mol. The summed E-state index contributed by atoms with van der Waals surface area (Å²) in [4.78, 5) is 12.6. The van der Waals surface area contributed by atoms with Crippen LogP contribution in [0.3, 0.4) is 0 Å². The zero-order valence-corrected chi connectivity index (χ0v) is 16.9. The third-order valence-corrected chi connectivity index (χ3v) is 4.99. The summed E-state index contributed by atoms with van der Waals surface area (Å²) in [6, 6.07) is 7.69. The number of aryl methyl sites for hydroxylation is 2. The van der Waals surface area contributed by atoms with Crippen LogP contribution in [0.1, 0.15) is 39.5 Å². The lowest BCUT2D eigenvalue weighted by atomic mass is 9.85. The first-order valence-electron chi connectivity index (χ1n) is 9.33. The molecule has 0 bridgehead atoms. The Bertz CT molecular complexity index is 969. The SMILES string of the molecule is C=CC(F)(F)C(F)(c1cc(C)c(NC(=O)c2ccc(CN)cc2)c(CC)c1)C(F)(F)F. The van der Waals surface area contributed by atoms with Crippen LogP contribution < -0.4 is 11.1 Å². The van der Waals surface area contributed by atoms with Gasteiger partial charge >= 0.3 is 12.1 Å². The third-order valence-electron chi connectivity index (χ3n) is 4.99. The Labute approximate surface area is 175 Å². The van der Waals surface area contributed by atoms with Crippen LogP contribution in [-0.4, -0.2) is 18.0 Å².